The number of hydrogen-bond acceptors (Lipinski definition) is 5. The summed E-state index contributed by atoms with van der Waals surface area (Å²) in [4.78, 5) is 2.13. The van der Waals surface area contributed by atoms with Crippen molar-refractivity contribution in [3.8, 4) is 0 Å². The molecule has 0 fully saturated rings. The van der Waals surface area contributed by atoms with Crippen molar-refractivity contribution in [3.63, 3.8) is 0 Å². The van der Waals surface area contributed by atoms with Gasteiger partial charge in [-0.15, -0.1) is 0 Å². The topological polar surface area (TPSA) is 62.2 Å². The Kier molecular flexibility index (Phi) is 6.45. The zero-order valence-corrected chi connectivity index (χ0v) is 12.6. The van der Waals surface area contributed by atoms with Crippen molar-refractivity contribution >= 4 is 5.69 Å². The van der Waals surface area contributed by atoms with Crippen LogP contribution in [0.1, 0.15) is 24.5 Å². The molecule has 2 unspecified atom stereocenters. The molecule has 0 saturated carbocycles. The normalized spacial score (nSPS) is 20.0. The van der Waals surface area contributed by atoms with Gasteiger partial charge in [-0.3, -0.25) is 0 Å². The summed E-state index contributed by atoms with van der Waals surface area (Å²) < 4.78 is 10.3. The number of rotatable bonds is 7. The number of para-hydroxylation sites is 1. The average molecular weight is 295 g/mol. The second kappa shape index (κ2) is 8.34. The van der Waals surface area contributed by atoms with E-state index in [2.05, 4.69) is 4.90 Å². The molecule has 1 aliphatic rings. The number of hydrogen-bond donors (Lipinski definition) is 2. The zero-order valence-electron chi connectivity index (χ0n) is 12.6. The molecule has 1 aromatic rings. The van der Waals surface area contributed by atoms with Crippen LogP contribution in [0.15, 0.2) is 24.3 Å². The minimum atomic E-state index is -0.551. The first-order valence-electron chi connectivity index (χ1n) is 7.49. The van der Waals surface area contributed by atoms with Gasteiger partial charge in [0.15, 0.2) is 0 Å². The number of methoxy groups -OCH3 is 1. The highest BCUT2D eigenvalue weighted by molar-refractivity contribution is 5.55. The van der Waals surface area contributed by atoms with Crippen LogP contribution in [0.25, 0.3) is 0 Å². The third kappa shape index (κ3) is 4.68. The monoisotopic (exact) mass is 295 g/mol. The molecule has 0 saturated heterocycles. The van der Waals surface area contributed by atoms with Gasteiger partial charge in [-0.2, -0.15) is 0 Å². The van der Waals surface area contributed by atoms with Crippen molar-refractivity contribution in [2.24, 2.45) is 0 Å². The highest BCUT2D eigenvalue weighted by Gasteiger charge is 2.22. The number of nitrogens with zero attached hydrogens (tertiary/aromatic N) is 1. The maximum absolute atomic E-state index is 10.2. The molecule has 0 aromatic heterocycles. The zero-order chi connectivity index (χ0) is 15.1. The molecule has 0 aliphatic carbocycles. The number of benzene rings is 1. The van der Waals surface area contributed by atoms with E-state index in [4.69, 9.17) is 9.47 Å². The SMILES string of the molecule is COCCOCC(O)CN1CCCC(O)c2ccccc21. The second-order valence-corrected chi connectivity index (χ2v) is 5.38. The molecule has 1 aliphatic heterocycles. The molecule has 5 heteroatoms. The standard InChI is InChI=1S/C16H25NO4/c1-20-9-10-21-12-13(18)11-17-8-4-7-16(19)14-5-2-3-6-15(14)17/h2-3,5-6,13,16,18-19H,4,7-12H2,1H3. The molecular weight excluding hydrogens is 270 g/mol. The first-order valence-corrected chi connectivity index (χ1v) is 7.49. The lowest BCUT2D eigenvalue weighted by molar-refractivity contribution is 0.0161. The first-order chi connectivity index (χ1) is 10.2. The summed E-state index contributed by atoms with van der Waals surface area (Å²) in [5.41, 5.74) is 1.96. The van der Waals surface area contributed by atoms with Crippen LogP contribution >= 0.6 is 0 Å². The number of ether oxygens (including phenoxy) is 2. The fourth-order valence-corrected chi connectivity index (χ4v) is 2.67. The Morgan fingerprint density at radius 1 is 1.33 bits per heavy atom. The molecule has 118 valence electrons. The number of anilines is 1. The molecule has 0 radical (unpaired) electrons. The maximum atomic E-state index is 10.2. The Balaban J connectivity index is 1.94. The van der Waals surface area contributed by atoms with Crippen LogP contribution in [0.2, 0.25) is 0 Å². The van der Waals surface area contributed by atoms with Crippen LogP contribution in [0.5, 0.6) is 0 Å². The number of aliphatic hydroxyl groups excluding tert-OH is 2. The van der Waals surface area contributed by atoms with Crippen LogP contribution < -0.4 is 4.90 Å². The van der Waals surface area contributed by atoms with Crippen LogP contribution in [0.3, 0.4) is 0 Å². The van der Waals surface area contributed by atoms with Gasteiger partial charge in [0, 0.05) is 31.5 Å². The molecule has 5 nitrogen and oxygen atoms in total. The fourth-order valence-electron chi connectivity index (χ4n) is 2.67. The van der Waals surface area contributed by atoms with Gasteiger partial charge >= 0.3 is 0 Å². The summed E-state index contributed by atoms with van der Waals surface area (Å²) in [5, 5.41) is 20.3. The lowest BCUT2D eigenvalue weighted by Gasteiger charge is -2.27. The van der Waals surface area contributed by atoms with E-state index in [9.17, 15) is 10.2 Å². The quantitative estimate of drug-likeness (QED) is 0.743. The van der Waals surface area contributed by atoms with Crippen molar-refractivity contribution in [1.82, 2.24) is 0 Å². The highest BCUT2D eigenvalue weighted by atomic mass is 16.5. The van der Waals surface area contributed by atoms with Crippen molar-refractivity contribution in [1.29, 1.82) is 0 Å². The summed E-state index contributed by atoms with van der Waals surface area (Å²) in [7, 11) is 1.62. The van der Waals surface area contributed by atoms with Crippen molar-refractivity contribution < 1.29 is 19.7 Å². The van der Waals surface area contributed by atoms with Crippen LogP contribution in [-0.4, -0.2) is 56.3 Å². The van der Waals surface area contributed by atoms with E-state index in [0.717, 1.165) is 30.6 Å². The predicted molar refractivity (Wildman–Crippen MR) is 81.6 cm³/mol. The first kappa shape index (κ1) is 16.2. The lowest BCUT2D eigenvalue weighted by atomic mass is 10.0. The molecule has 1 heterocycles. The molecule has 2 atom stereocenters. The fraction of sp³-hybridized carbons (Fsp3) is 0.625. The third-order valence-corrected chi connectivity index (χ3v) is 3.72. The Morgan fingerprint density at radius 2 is 2.14 bits per heavy atom. The van der Waals surface area contributed by atoms with E-state index in [0.29, 0.717) is 26.4 Å². The minimum Gasteiger partial charge on any atom is -0.389 e. The van der Waals surface area contributed by atoms with E-state index < -0.39 is 12.2 Å². The van der Waals surface area contributed by atoms with Gasteiger partial charge in [0.25, 0.3) is 0 Å². The highest BCUT2D eigenvalue weighted by Crippen LogP contribution is 2.32. The Hall–Kier alpha value is -1.14. The summed E-state index contributed by atoms with van der Waals surface area (Å²) >= 11 is 0. The Morgan fingerprint density at radius 3 is 2.95 bits per heavy atom. The second-order valence-electron chi connectivity index (χ2n) is 5.38. The van der Waals surface area contributed by atoms with E-state index in [-0.39, 0.29) is 0 Å². The van der Waals surface area contributed by atoms with Gasteiger partial charge in [0.05, 0.1) is 32.0 Å². The van der Waals surface area contributed by atoms with E-state index in [1.807, 2.05) is 24.3 Å². The van der Waals surface area contributed by atoms with Gasteiger partial charge in [0.2, 0.25) is 0 Å². The van der Waals surface area contributed by atoms with Gasteiger partial charge in [-0.05, 0) is 18.9 Å². The smallest absolute Gasteiger partial charge is 0.0948 e. The van der Waals surface area contributed by atoms with E-state index >= 15 is 0 Å². The summed E-state index contributed by atoms with van der Waals surface area (Å²) in [6, 6.07) is 7.86. The summed E-state index contributed by atoms with van der Waals surface area (Å²) in [5.74, 6) is 0. The van der Waals surface area contributed by atoms with Gasteiger partial charge in [-0.25, -0.2) is 0 Å². The van der Waals surface area contributed by atoms with Gasteiger partial charge in [-0.1, -0.05) is 18.2 Å². The number of aliphatic hydroxyl groups is 2. The molecular formula is C16H25NO4. The van der Waals surface area contributed by atoms with Crippen molar-refractivity contribution in [2.45, 2.75) is 25.0 Å². The maximum Gasteiger partial charge on any atom is 0.0948 e. The molecule has 2 N–H and O–H groups in total. The molecule has 0 spiro atoms. The van der Waals surface area contributed by atoms with Crippen LogP contribution in [-0.2, 0) is 9.47 Å². The molecule has 2 rings (SSSR count). The summed E-state index contributed by atoms with van der Waals surface area (Å²) in [6.07, 6.45) is 0.701. The van der Waals surface area contributed by atoms with E-state index in [1.165, 1.54) is 0 Å². The summed E-state index contributed by atoms with van der Waals surface area (Å²) in [6.45, 7) is 2.67. The molecule has 0 amide bonds. The number of β-amino-alcohol motifs (C(OH)–C–C–N with tert-alkyl or cyclic N) is 1. The predicted octanol–water partition coefficient (Wildman–Crippen LogP) is 1.34. The largest absolute Gasteiger partial charge is 0.389 e. The third-order valence-electron chi connectivity index (χ3n) is 3.72. The van der Waals surface area contributed by atoms with Crippen molar-refractivity contribution in [2.75, 3.05) is 44.9 Å². The number of fused-ring (bicyclic) bond motifs is 1. The molecule has 21 heavy (non-hydrogen) atoms. The average Bonchev–Trinajstić information content (AvgIpc) is 2.64. The van der Waals surface area contributed by atoms with Gasteiger partial charge < -0.3 is 24.6 Å². The lowest BCUT2D eigenvalue weighted by Crippen LogP contribution is -2.35. The minimum absolute atomic E-state index is 0.296. The van der Waals surface area contributed by atoms with Crippen LogP contribution in [0.4, 0.5) is 5.69 Å². The van der Waals surface area contributed by atoms with E-state index in [1.54, 1.807) is 7.11 Å². The Labute approximate surface area is 126 Å². The van der Waals surface area contributed by atoms with Crippen molar-refractivity contribution in [3.05, 3.63) is 29.8 Å². The molecule has 0 bridgehead atoms. The van der Waals surface area contributed by atoms with Crippen LogP contribution in [0, 0.1) is 0 Å². The van der Waals surface area contributed by atoms with Gasteiger partial charge in [0.1, 0.15) is 0 Å². The molecule has 1 aromatic carbocycles. The Bertz CT molecular complexity index is 426.